The van der Waals surface area contributed by atoms with E-state index in [9.17, 15) is 4.79 Å². The zero-order valence-corrected chi connectivity index (χ0v) is 12.6. The van der Waals surface area contributed by atoms with Crippen molar-refractivity contribution in [3.05, 3.63) is 28.2 Å². The average Bonchev–Trinajstić information content (AvgIpc) is 2.39. The van der Waals surface area contributed by atoms with Crippen LogP contribution in [0, 0.1) is 0 Å². The van der Waals surface area contributed by atoms with Gasteiger partial charge in [-0.3, -0.25) is 4.79 Å². The van der Waals surface area contributed by atoms with Crippen LogP contribution in [0.4, 0.5) is 0 Å². The molecule has 2 unspecified atom stereocenters. The van der Waals surface area contributed by atoms with Crippen LogP contribution in [0.25, 0.3) is 0 Å². The lowest BCUT2D eigenvalue weighted by atomic mass is 9.91. The first-order valence-corrected chi connectivity index (χ1v) is 7.97. The van der Waals surface area contributed by atoms with E-state index >= 15 is 0 Å². The topological polar surface area (TPSA) is 32.3 Å². The molecule has 0 aromatic heterocycles. The van der Waals surface area contributed by atoms with Gasteiger partial charge >= 0.3 is 0 Å². The zero-order valence-electron chi connectivity index (χ0n) is 10.2. The van der Waals surface area contributed by atoms with Crippen LogP contribution in [-0.2, 0) is 4.79 Å². The second-order valence-corrected chi connectivity index (χ2v) is 6.82. The van der Waals surface area contributed by atoms with Gasteiger partial charge in [0.2, 0.25) is 5.91 Å². The highest BCUT2D eigenvalue weighted by Crippen LogP contribution is 2.28. The summed E-state index contributed by atoms with van der Waals surface area (Å²) in [6.07, 6.45) is 1.21. The van der Waals surface area contributed by atoms with E-state index in [0.29, 0.717) is 27.9 Å². The lowest BCUT2D eigenvalue weighted by Crippen LogP contribution is -2.67. The maximum Gasteiger partial charge on any atom is 0.233 e. The molecule has 19 heavy (non-hydrogen) atoms. The third-order valence-electron chi connectivity index (χ3n) is 3.53. The van der Waals surface area contributed by atoms with Crippen molar-refractivity contribution in [2.45, 2.75) is 23.4 Å². The van der Waals surface area contributed by atoms with Gasteiger partial charge in [0.15, 0.2) is 0 Å². The predicted molar refractivity (Wildman–Crippen MR) is 79.1 cm³/mol. The molecule has 1 amide bonds. The summed E-state index contributed by atoms with van der Waals surface area (Å²) in [5.74, 6) is 0.657. The van der Waals surface area contributed by atoms with Crippen LogP contribution in [0.3, 0.4) is 0 Å². The molecule has 1 N–H and O–H groups in total. The molecular weight excluding hydrogens is 303 g/mol. The highest BCUT2D eigenvalue weighted by molar-refractivity contribution is 8.00. The van der Waals surface area contributed by atoms with E-state index in [2.05, 4.69) is 5.32 Å². The van der Waals surface area contributed by atoms with Gasteiger partial charge in [0, 0.05) is 30.1 Å². The molecular formula is C13H14Cl2N2OS. The number of thioether (sulfide) groups is 1. The quantitative estimate of drug-likeness (QED) is 0.870. The first-order chi connectivity index (χ1) is 9.11. The van der Waals surface area contributed by atoms with Gasteiger partial charge < -0.3 is 10.2 Å². The van der Waals surface area contributed by atoms with Gasteiger partial charge in [0.05, 0.1) is 15.8 Å². The third kappa shape index (κ3) is 3.02. The largest absolute Gasteiger partial charge is 0.339 e. The Morgan fingerprint density at radius 2 is 2.00 bits per heavy atom. The molecule has 3 fully saturated rings. The molecule has 2 atom stereocenters. The number of carbonyl (C=O) groups is 1. The van der Waals surface area contributed by atoms with Crippen molar-refractivity contribution in [1.29, 1.82) is 0 Å². The van der Waals surface area contributed by atoms with Crippen LogP contribution >= 0.6 is 35.0 Å². The van der Waals surface area contributed by atoms with E-state index in [1.807, 2.05) is 11.0 Å². The van der Waals surface area contributed by atoms with Crippen molar-refractivity contribution >= 4 is 40.9 Å². The summed E-state index contributed by atoms with van der Waals surface area (Å²) in [4.78, 5) is 15.0. The van der Waals surface area contributed by atoms with E-state index in [1.54, 1.807) is 12.1 Å². The number of nitrogens with zero attached hydrogens (tertiary/aromatic N) is 1. The van der Waals surface area contributed by atoms with E-state index in [0.717, 1.165) is 18.0 Å². The molecule has 3 nitrogen and oxygen atoms in total. The van der Waals surface area contributed by atoms with Crippen LogP contribution < -0.4 is 5.32 Å². The van der Waals surface area contributed by atoms with E-state index in [-0.39, 0.29) is 5.91 Å². The van der Waals surface area contributed by atoms with Crippen molar-refractivity contribution in [3.8, 4) is 0 Å². The van der Waals surface area contributed by atoms with Crippen LogP contribution in [0.2, 0.25) is 10.0 Å². The Bertz CT molecular complexity index is 495. The average molecular weight is 317 g/mol. The molecule has 102 valence electrons. The summed E-state index contributed by atoms with van der Waals surface area (Å²) in [7, 11) is 0. The number of hydrogen-bond donors (Lipinski definition) is 1. The van der Waals surface area contributed by atoms with Gasteiger partial charge in [-0.1, -0.05) is 23.2 Å². The van der Waals surface area contributed by atoms with Crippen molar-refractivity contribution in [3.63, 3.8) is 0 Å². The van der Waals surface area contributed by atoms with Crippen LogP contribution in [-0.4, -0.2) is 41.7 Å². The molecule has 6 heteroatoms. The number of carbonyl (C=O) groups excluding carboxylic acids is 1. The molecule has 2 bridgehead atoms. The first-order valence-electron chi connectivity index (χ1n) is 6.23. The van der Waals surface area contributed by atoms with Gasteiger partial charge in [0.1, 0.15) is 0 Å². The number of piperidine rings is 1. The second-order valence-electron chi connectivity index (χ2n) is 4.96. The fraction of sp³-hybridized carbons (Fsp3) is 0.462. The minimum absolute atomic E-state index is 0.201. The van der Waals surface area contributed by atoms with E-state index in [1.165, 1.54) is 18.2 Å². The summed E-state index contributed by atoms with van der Waals surface area (Å²) >= 11 is 13.3. The Labute approximate surface area is 126 Å². The summed E-state index contributed by atoms with van der Waals surface area (Å²) in [6, 6.07) is 6.48. The lowest BCUT2D eigenvalue weighted by molar-refractivity contribution is -0.132. The van der Waals surface area contributed by atoms with Gasteiger partial charge in [-0.05, 0) is 24.6 Å². The Kier molecular flexibility index (Phi) is 3.94. The first kappa shape index (κ1) is 13.6. The molecule has 3 aliphatic heterocycles. The monoisotopic (exact) mass is 316 g/mol. The molecule has 3 aliphatic rings. The molecule has 3 heterocycles. The van der Waals surface area contributed by atoms with E-state index in [4.69, 9.17) is 23.2 Å². The molecule has 0 spiro atoms. The summed E-state index contributed by atoms with van der Waals surface area (Å²) in [5, 5.41) is 4.49. The number of nitrogens with one attached hydrogen (secondary N) is 1. The molecule has 3 saturated heterocycles. The Hall–Kier alpha value is -0.420. The molecule has 0 saturated carbocycles. The molecule has 4 rings (SSSR count). The summed E-state index contributed by atoms with van der Waals surface area (Å²) < 4.78 is 0. The second kappa shape index (κ2) is 5.52. The molecule has 1 aromatic rings. The zero-order chi connectivity index (χ0) is 13.4. The molecule has 0 aliphatic carbocycles. The van der Waals surface area contributed by atoms with Gasteiger partial charge in [-0.15, -0.1) is 11.8 Å². The lowest BCUT2D eigenvalue weighted by Gasteiger charge is -2.48. The minimum atomic E-state index is 0.201. The van der Waals surface area contributed by atoms with Gasteiger partial charge in [-0.25, -0.2) is 0 Å². The van der Waals surface area contributed by atoms with Crippen molar-refractivity contribution in [2.24, 2.45) is 0 Å². The van der Waals surface area contributed by atoms with Gasteiger partial charge in [0.25, 0.3) is 0 Å². The summed E-state index contributed by atoms with van der Waals surface area (Å²) in [5.41, 5.74) is 0. The van der Waals surface area contributed by atoms with Gasteiger partial charge in [-0.2, -0.15) is 0 Å². The van der Waals surface area contributed by atoms with Crippen LogP contribution in [0.1, 0.15) is 6.42 Å². The standard InChI is InChI=1S/C13H14Cl2N2OS/c14-11-2-1-10(4-12(11)15)19-7-13(18)17-5-8-3-9(6-17)16-8/h1-2,4,8-9,16H,3,5-7H2. The highest BCUT2D eigenvalue weighted by atomic mass is 35.5. The van der Waals surface area contributed by atoms with Crippen LogP contribution in [0.5, 0.6) is 0 Å². The maximum absolute atomic E-state index is 12.1. The van der Waals surface area contributed by atoms with Crippen LogP contribution in [0.15, 0.2) is 23.1 Å². The highest BCUT2D eigenvalue weighted by Gasteiger charge is 2.37. The summed E-state index contributed by atoms with van der Waals surface area (Å²) in [6.45, 7) is 1.69. The van der Waals surface area contributed by atoms with Crippen molar-refractivity contribution in [1.82, 2.24) is 10.2 Å². The number of rotatable bonds is 3. The fourth-order valence-corrected chi connectivity index (χ4v) is 3.72. The third-order valence-corrected chi connectivity index (χ3v) is 5.25. The molecule has 0 radical (unpaired) electrons. The normalized spacial score (nSPS) is 25.1. The number of halogens is 2. The predicted octanol–water partition coefficient (Wildman–Crippen LogP) is 2.66. The fourth-order valence-electron chi connectivity index (χ4n) is 2.52. The smallest absolute Gasteiger partial charge is 0.233 e. The minimum Gasteiger partial charge on any atom is -0.339 e. The molecule has 1 aromatic carbocycles. The van der Waals surface area contributed by atoms with Crippen molar-refractivity contribution < 1.29 is 4.79 Å². The maximum atomic E-state index is 12.1. The SMILES string of the molecule is O=C(CSc1ccc(Cl)c(Cl)c1)N1CC2CC(C1)N2. The number of fused-ring (bicyclic) bond motifs is 2. The van der Waals surface area contributed by atoms with Crippen molar-refractivity contribution in [2.75, 3.05) is 18.8 Å². The number of benzene rings is 1. The number of amides is 1. The Balaban J connectivity index is 1.53. The van der Waals surface area contributed by atoms with E-state index < -0.39 is 0 Å². The number of piperazine rings is 1. The number of hydrogen-bond acceptors (Lipinski definition) is 3. The Morgan fingerprint density at radius 3 is 2.63 bits per heavy atom. The Morgan fingerprint density at radius 1 is 1.32 bits per heavy atom.